The van der Waals surface area contributed by atoms with E-state index in [1.54, 1.807) is 18.4 Å². The van der Waals surface area contributed by atoms with Crippen LogP contribution < -0.4 is 0 Å². The smallest absolute Gasteiger partial charge is 0.218 e. The summed E-state index contributed by atoms with van der Waals surface area (Å²) >= 11 is 0. The average molecular weight is 335 g/mol. The van der Waals surface area contributed by atoms with Crippen LogP contribution in [0.2, 0.25) is 0 Å². The molecule has 2 heterocycles. The number of hydrogen-bond donors (Lipinski definition) is 0. The molecule has 1 aliphatic heterocycles. The van der Waals surface area contributed by atoms with Crippen LogP contribution in [0.1, 0.15) is 24.2 Å². The molecule has 0 spiro atoms. The Kier molecular flexibility index (Phi) is 5.15. The molecule has 6 heteroatoms. The van der Waals surface area contributed by atoms with Gasteiger partial charge in [0.05, 0.1) is 24.7 Å². The van der Waals surface area contributed by atoms with Crippen LogP contribution in [0, 0.1) is 0 Å². The van der Waals surface area contributed by atoms with Gasteiger partial charge < -0.3 is 9.15 Å². The number of ether oxygens (including phenoxy) is 1. The fourth-order valence-corrected chi connectivity index (χ4v) is 4.26. The first-order valence-corrected chi connectivity index (χ1v) is 9.40. The molecule has 3 rings (SSSR count). The average Bonchev–Trinajstić information content (AvgIpc) is 3.21. The van der Waals surface area contributed by atoms with Gasteiger partial charge in [0, 0.05) is 13.2 Å². The topological polar surface area (TPSA) is 59.8 Å². The number of hydrogen-bond acceptors (Lipinski definition) is 4. The lowest BCUT2D eigenvalue weighted by Gasteiger charge is -2.24. The molecule has 0 bridgehead atoms. The van der Waals surface area contributed by atoms with E-state index in [1.807, 2.05) is 30.3 Å². The monoisotopic (exact) mass is 335 g/mol. The summed E-state index contributed by atoms with van der Waals surface area (Å²) in [5, 5.41) is 0. The van der Waals surface area contributed by atoms with Gasteiger partial charge in [-0.2, -0.15) is 4.31 Å². The minimum Gasteiger partial charge on any atom is -0.468 e. The van der Waals surface area contributed by atoms with Crippen molar-refractivity contribution in [1.82, 2.24) is 4.31 Å². The summed E-state index contributed by atoms with van der Waals surface area (Å²) in [6.45, 7) is 1.32. The lowest BCUT2D eigenvalue weighted by atomic mass is 10.2. The molecule has 0 saturated carbocycles. The van der Waals surface area contributed by atoms with Crippen molar-refractivity contribution in [2.75, 3.05) is 13.2 Å². The second-order valence-electron chi connectivity index (χ2n) is 5.75. The van der Waals surface area contributed by atoms with Crippen LogP contribution in [0.3, 0.4) is 0 Å². The van der Waals surface area contributed by atoms with Crippen LogP contribution in [-0.2, 0) is 27.1 Å². The van der Waals surface area contributed by atoms with Crippen molar-refractivity contribution in [3.63, 3.8) is 0 Å². The summed E-state index contributed by atoms with van der Waals surface area (Å²) < 4.78 is 38.1. The minimum absolute atomic E-state index is 0.0126. The first-order valence-electron chi connectivity index (χ1n) is 7.79. The second kappa shape index (κ2) is 7.29. The molecule has 1 aromatic carbocycles. The zero-order valence-electron chi connectivity index (χ0n) is 12.9. The molecule has 5 nitrogen and oxygen atoms in total. The Morgan fingerprint density at radius 3 is 2.61 bits per heavy atom. The Morgan fingerprint density at radius 2 is 1.96 bits per heavy atom. The van der Waals surface area contributed by atoms with E-state index in [4.69, 9.17) is 9.15 Å². The highest BCUT2D eigenvalue weighted by Gasteiger charge is 2.28. The third-order valence-corrected chi connectivity index (χ3v) is 5.69. The SMILES string of the molecule is O=S(=O)(Cc1ccccc1)N(Cc1ccco1)CC1CCCO1. The van der Waals surface area contributed by atoms with Crippen LogP contribution in [0.25, 0.3) is 0 Å². The maximum Gasteiger partial charge on any atom is 0.218 e. The lowest BCUT2D eigenvalue weighted by Crippen LogP contribution is -2.37. The Hall–Kier alpha value is -1.63. The zero-order chi connectivity index (χ0) is 16.1. The predicted molar refractivity (Wildman–Crippen MR) is 87.2 cm³/mol. The number of benzene rings is 1. The lowest BCUT2D eigenvalue weighted by molar-refractivity contribution is 0.0913. The van der Waals surface area contributed by atoms with E-state index < -0.39 is 10.0 Å². The highest BCUT2D eigenvalue weighted by Crippen LogP contribution is 2.20. The molecule has 1 fully saturated rings. The largest absolute Gasteiger partial charge is 0.468 e. The molecule has 23 heavy (non-hydrogen) atoms. The first-order chi connectivity index (χ1) is 11.1. The van der Waals surface area contributed by atoms with Crippen molar-refractivity contribution in [3.8, 4) is 0 Å². The second-order valence-corrected chi connectivity index (χ2v) is 7.72. The fourth-order valence-electron chi connectivity index (χ4n) is 2.74. The maximum absolute atomic E-state index is 12.8. The van der Waals surface area contributed by atoms with Gasteiger partial charge in [0.25, 0.3) is 0 Å². The Balaban J connectivity index is 1.77. The van der Waals surface area contributed by atoms with Gasteiger partial charge in [-0.1, -0.05) is 30.3 Å². The summed E-state index contributed by atoms with van der Waals surface area (Å²) in [5.74, 6) is 0.626. The van der Waals surface area contributed by atoms with Crippen LogP contribution in [0.15, 0.2) is 53.1 Å². The molecule has 2 aromatic rings. The molecule has 1 atom stereocenters. The fraction of sp³-hybridized carbons (Fsp3) is 0.412. The Labute approximate surface area is 136 Å². The van der Waals surface area contributed by atoms with E-state index in [0.29, 0.717) is 18.9 Å². The van der Waals surface area contributed by atoms with Crippen LogP contribution in [0.5, 0.6) is 0 Å². The summed E-state index contributed by atoms with van der Waals surface area (Å²) in [4.78, 5) is 0. The third-order valence-electron chi connectivity index (χ3n) is 3.93. The molecule has 0 N–H and O–H groups in total. The third kappa shape index (κ3) is 4.43. The summed E-state index contributed by atoms with van der Waals surface area (Å²) in [5.41, 5.74) is 0.782. The van der Waals surface area contributed by atoms with E-state index >= 15 is 0 Å². The molecule has 0 amide bonds. The molecular weight excluding hydrogens is 314 g/mol. The van der Waals surface area contributed by atoms with Crippen molar-refractivity contribution >= 4 is 10.0 Å². The normalized spacial score (nSPS) is 18.6. The molecule has 1 aromatic heterocycles. The van der Waals surface area contributed by atoms with Gasteiger partial charge in [-0.25, -0.2) is 8.42 Å². The Morgan fingerprint density at radius 1 is 1.13 bits per heavy atom. The quantitative estimate of drug-likeness (QED) is 0.781. The van der Waals surface area contributed by atoms with Gasteiger partial charge in [-0.15, -0.1) is 0 Å². The van der Waals surface area contributed by atoms with Crippen molar-refractivity contribution in [3.05, 3.63) is 60.1 Å². The number of sulfonamides is 1. The van der Waals surface area contributed by atoms with Crippen molar-refractivity contribution in [2.24, 2.45) is 0 Å². The van der Waals surface area contributed by atoms with Gasteiger partial charge >= 0.3 is 0 Å². The van der Waals surface area contributed by atoms with Crippen molar-refractivity contribution < 1.29 is 17.6 Å². The van der Waals surface area contributed by atoms with E-state index in [0.717, 1.165) is 18.4 Å². The maximum atomic E-state index is 12.8. The van der Waals surface area contributed by atoms with Crippen LogP contribution in [0.4, 0.5) is 0 Å². The molecule has 0 radical (unpaired) electrons. The zero-order valence-corrected chi connectivity index (χ0v) is 13.7. The van der Waals surface area contributed by atoms with E-state index in [-0.39, 0.29) is 18.4 Å². The minimum atomic E-state index is -3.45. The van der Waals surface area contributed by atoms with Gasteiger partial charge in [0.1, 0.15) is 5.76 Å². The summed E-state index contributed by atoms with van der Waals surface area (Å²) in [6, 6.07) is 12.8. The highest BCUT2D eigenvalue weighted by atomic mass is 32.2. The van der Waals surface area contributed by atoms with E-state index in [1.165, 1.54) is 4.31 Å². The number of rotatable bonds is 7. The van der Waals surface area contributed by atoms with Gasteiger partial charge in [-0.05, 0) is 30.5 Å². The Bertz CT molecular complexity index is 691. The first kappa shape index (κ1) is 16.2. The van der Waals surface area contributed by atoms with E-state index in [9.17, 15) is 8.42 Å². The molecule has 1 aliphatic rings. The highest BCUT2D eigenvalue weighted by molar-refractivity contribution is 7.88. The molecule has 1 saturated heterocycles. The van der Waals surface area contributed by atoms with E-state index in [2.05, 4.69) is 0 Å². The number of nitrogens with zero attached hydrogens (tertiary/aromatic N) is 1. The van der Waals surface area contributed by atoms with Crippen LogP contribution >= 0.6 is 0 Å². The van der Waals surface area contributed by atoms with Gasteiger partial charge in [0.2, 0.25) is 10.0 Å². The van der Waals surface area contributed by atoms with Crippen molar-refractivity contribution in [1.29, 1.82) is 0 Å². The van der Waals surface area contributed by atoms with Gasteiger partial charge in [0.15, 0.2) is 0 Å². The standard InChI is InChI=1S/C17H21NO4S/c19-23(20,14-15-6-2-1-3-7-15)18(12-16-8-4-10-21-16)13-17-9-5-11-22-17/h1-4,6-8,10,17H,5,9,11-14H2. The molecule has 124 valence electrons. The molecule has 0 aliphatic carbocycles. The molecular formula is C17H21NO4S. The summed E-state index contributed by atoms with van der Waals surface area (Å²) in [6.07, 6.45) is 3.41. The molecule has 1 unspecified atom stereocenters. The number of furan rings is 1. The van der Waals surface area contributed by atoms with Crippen LogP contribution in [-0.4, -0.2) is 32.0 Å². The van der Waals surface area contributed by atoms with Crippen molar-refractivity contribution in [2.45, 2.75) is 31.2 Å². The predicted octanol–water partition coefficient (Wildman–Crippen LogP) is 2.79. The summed E-state index contributed by atoms with van der Waals surface area (Å²) in [7, 11) is -3.45. The van der Waals surface area contributed by atoms with Gasteiger partial charge in [-0.3, -0.25) is 0 Å².